The van der Waals surface area contributed by atoms with E-state index in [1.54, 1.807) is 0 Å². The molecule has 3 heteroatoms. The second-order valence-corrected chi connectivity index (χ2v) is 5.99. The number of aryl methyl sites for hydroxylation is 1. The van der Waals surface area contributed by atoms with Gasteiger partial charge in [-0.25, -0.2) is 4.98 Å². The number of imidazole rings is 1. The van der Waals surface area contributed by atoms with E-state index in [1.807, 2.05) is 12.1 Å². The first kappa shape index (κ1) is 14.9. The maximum atomic E-state index is 5.89. The van der Waals surface area contributed by atoms with Crippen molar-refractivity contribution >= 4 is 16.7 Å². The Labute approximate surface area is 122 Å². The van der Waals surface area contributed by atoms with E-state index >= 15 is 0 Å². The number of nitrogens with zero attached hydrogens (tertiary/aromatic N) is 2. The van der Waals surface area contributed by atoms with E-state index < -0.39 is 0 Å². The normalized spacial score (nSPS) is 14.6. The van der Waals surface area contributed by atoms with Crippen LogP contribution in [0.5, 0.6) is 0 Å². The van der Waals surface area contributed by atoms with Gasteiger partial charge in [-0.05, 0) is 43.9 Å². The molecule has 2 rings (SSSR count). The lowest BCUT2D eigenvalue weighted by Crippen LogP contribution is -2.12. The zero-order valence-electron chi connectivity index (χ0n) is 13.2. The lowest BCUT2D eigenvalue weighted by atomic mass is 10.00. The minimum absolute atomic E-state index is 0.486. The van der Waals surface area contributed by atoms with Crippen LogP contribution in [0.4, 0.5) is 5.69 Å². The average Bonchev–Trinajstić information content (AvgIpc) is 2.76. The standard InChI is InChI=1S/C17H27N3/c1-5-7-17-19-15-11-14(18)8-9-16(15)20(17)13(4)10-12(3)6-2/h8-9,11-13H,5-7,10,18H2,1-4H3. The Balaban J connectivity index is 2.45. The molecular weight excluding hydrogens is 246 g/mol. The molecule has 0 saturated heterocycles. The fraction of sp³-hybridized carbons (Fsp3) is 0.588. The van der Waals surface area contributed by atoms with Crippen LogP contribution in [0.2, 0.25) is 0 Å². The van der Waals surface area contributed by atoms with Gasteiger partial charge < -0.3 is 10.3 Å². The number of hydrogen-bond donors (Lipinski definition) is 1. The molecule has 1 aromatic carbocycles. The number of anilines is 1. The largest absolute Gasteiger partial charge is 0.399 e. The third-order valence-electron chi connectivity index (χ3n) is 4.14. The van der Waals surface area contributed by atoms with Crippen molar-refractivity contribution in [2.75, 3.05) is 5.73 Å². The van der Waals surface area contributed by atoms with Gasteiger partial charge in [0.15, 0.2) is 0 Å². The summed E-state index contributed by atoms with van der Waals surface area (Å²) >= 11 is 0. The van der Waals surface area contributed by atoms with Gasteiger partial charge >= 0.3 is 0 Å². The van der Waals surface area contributed by atoms with Crippen molar-refractivity contribution < 1.29 is 0 Å². The highest BCUT2D eigenvalue weighted by molar-refractivity contribution is 5.79. The van der Waals surface area contributed by atoms with E-state index in [4.69, 9.17) is 10.7 Å². The molecule has 0 bridgehead atoms. The van der Waals surface area contributed by atoms with E-state index in [-0.39, 0.29) is 0 Å². The van der Waals surface area contributed by atoms with Gasteiger partial charge in [-0.3, -0.25) is 0 Å². The molecule has 1 heterocycles. The first-order valence-electron chi connectivity index (χ1n) is 7.83. The van der Waals surface area contributed by atoms with E-state index in [0.717, 1.165) is 30.0 Å². The molecular formula is C17H27N3. The van der Waals surface area contributed by atoms with Crippen LogP contribution in [-0.2, 0) is 6.42 Å². The smallest absolute Gasteiger partial charge is 0.110 e. The monoisotopic (exact) mass is 273 g/mol. The van der Waals surface area contributed by atoms with E-state index in [9.17, 15) is 0 Å². The zero-order valence-corrected chi connectivity index (χ0v) is 13.2. The topological polar surface area (TPSA) is 43.8 Å². The van der Waals surface area contributed by atoms with Crippen LogP contribution in [0.25, 0.3) is 11.0 Å². The van der Waals surface area contributed by atoms with E-state index in [2.05, 4.69) is 38.3 Å². The van der Waals surface area contributed by atoms with Gasteiger partial charge in [-0.1, -0.05) is 27.2 Å². The third-order valence-corrected chi connectivity index (χ3v) is 4.14. The van der Waals surface area contributed by atoms with Gasteiger partial charge in [0, 0.05) is 18.2 Å². The van der Waals surface area contributed by atoms with Crippen molar-refractivity contribution in [1.82, 2.24) is 9.55 Å². The molecule has 0 aliphatic carbocycles. The summed E-state index contributed by atoms with van der Waals surface area (Å²) in [4.78, 5) is 4.80. The number of fused-ring (bicyclic) bond motifs is 1. The molecule has 0 aliphatic heterocycles. The number of benzene rings is 1. The summed E-state index contributed by atoms with van der Waals surface area (Å²) in [6.07, 6.45) is 4.57. The fourth-order valence-electron chi connectivity index (χ4n) is 2.91. The van der Waals surface area contributed by atoms with Crippen molar-refractivity contribution in [3.05, 3.63) is 24.0 Å². The summed E-state index contributed by atoms with van der Waals surface area (Å²) < 4.78 is 2.42. The summed E-state index contributed by atoms with van der Waals surface area (Å²) in [5, 5.41) is 0. The van der Waals surface area contributed by atoms with E-state index in [0.29, 0.717) is 6.04 Å². The summed E-state index contributed by atoms with van der Waals surface area (Å²) in [6, 6.07) is 6.57. The first-order chi connectivity index (χ1) is 9.56. The lowest BCUT2D eigenvalue weighted by molar-refractivity contribution is 0.396. The molecule has 2 aromatic rings. The quantitative estimate of drug-likeness (QED) is 0.784. The molecule has 3 nitrogen and oxygen atoms in total. The third kappa shape index (κ3) is 2.97. The zero-order chi connectivity index (χ0) is 14.7. The van der Waals surface area contributed by atoms with Crippen molar-refractivity contribution in [2.45, 2.75) is 59.4 Å². The summed E-state index contributed by atoms with van der Waals surface area (Å²) in [5.41, 5.74) is 8.93. The van der Waals surface area contributed by atoms with Crippen LogP contribution in [0, 0.1) is 5.92 Å². The Kier molecular flexibility index (Phi) is 4.69. The van der Waals surface area contributed by atoms with Crippen molar-refractivity contribution in [3.63, 3.8) is 0 Å². The summed E-state index contributed by atoms with van der Waals surface area (Å²) in [7, 11) is 0. The van der Waals surface area contributed by atoms with Crippen molar-refractivity contribution in [2.24, 2.45) is 5.92 Å². The maximum Gasteiger partial charge on any atom is 0.110 e. The maximum absolute atomic E-state index is 5.89. The number of nitrogen functional groups attached to an aromatic ring is 1. The van der Waals surface area contributed by atoms with Crippen LogP contribution in [0.15, 0.2) is 18.2 Å². The minimum Gasteiger partial charge on any atom is -0.399 e. The van der Waals surface area contributed by atoms with Gasteiger partial charge in [0.25, 0.3) is 0 Å². The van der Waals surface area contributed by atoms with Gasteiger partial charge in [0.1, 0.15) is 5.82 Å². The molecule has 0 amide bonds. The fourth-order valence-corrected chi connectivity index (χ4v) is 2.91. The van der Waals surface area contributed by atoms with Crippen LogP contribution in [0.1, 0.15) is 58.8 Å². The highest BCUT2D eigenvalue weighted by atomic mass is 15.1. The van der Waals surface area contributed by atoms with Crippen molar-refractivity contribution in [3.8, 4) is 0 Å². The Morgan fingerprint density at radius 1 is 1.25 bits per heavy atom. The van der Waals surface area contributed by atoms with Gasteiger partial charge in [0.2, 0.25) is 0 Å². The molecule has 0 spiro atoms. The Morgan fingerprint density at radius 2 is 2.00 bits per heavy atom. The predicted octanol–water partition coefficient (Wildman–Crippen LogP) is 4.57. The van der Waals surface area contributed by atoms with Crippen molar-refractivity contribution in [1.29, 1.82) is 0 Å². The number of rotatable bonds is 6. The van der Waals surface area contributed by atoms with Crippen LogP contribution in [-0.4, -0.2) is 9.55 Å². The van der Waals surface area contributed by atoms with Gasteiger partial charge in [-0.15, -0.1) is 0 Å². The van der Waals surface area contributed by atoms with Crippen LogP contribution in [0.3, 0.4) is 0 Å². The Hall–Kier alpha value is -1.51. The number of aromatic nitrogens is 2. The Morgan fingerprint density at radius 3 is 2.65 bits per heavy atom. The second kappa shape index (κ2) is 6.29. The highest BCUT2D eigenvalue weighted by Gasteiger charge is 2.17. The van der Waals surface area contributed by atoms with E-state index in [1.165, 1.54) is 24.2 Å². The van der Waals surface area contributed by atoms with Gasteiger partial charge in [-0.2, -0.15) is 0 Å². The van der Waals surface area contributed by atoms with Crippen LogP contribution >= 0.6 is 0 Å². The molecule has 2 N–H and O–H groups in total. The molecule has 0 saturated carbocycles. The molecule has 110 valence electrons. The summed E-state index contributed by atoms with van der Waals surface area (Å²) in [6.45, 7) is 9.10. The highest BCUT2D eigenvalue weighted by Crippen LogP contribution is 2.28. The second-order valence-electron chi connectivity index (χ2n) is 5.99. The minimum atomic E-state index is 0.486. The molecule has 2 unspecified atom stereocenters. The number of nitrogens with two attached hydrogens (primary N) is 1. The molecule has 20 heavy (non-hydrogen) atoms. The number of hydrogen-bond acceptors (Lipinski definition) is 2. The lowest BCUT2D eigenvalue weighted by Gasteiger charge is -2.20. The van der Waals surface area contributed by atoms with Gasteiger partial charge in [0.05, 0.1) is 11.0 Å². The Bertz CT molecular complexity index is 571. The molecule has 0 fully saturated rings. The SMILES string of the molecule is CCCc1nc2cc(N)ccc2n1C(C)CC(C)CC. The average molecular weight is 273 g/mol. The molecule has 0 radical (unpaired) electrons. The predicted molar refractivity (Wildman–Crippen MR) is 86.9 cm³/mol. The first-order valence-corrected chi connectivity index (χ1v) is 7.83. The van der Waals surface area contributed by atoms with Crippen LogP contribution < -0.4 is 5.73 Å². The molecule has 2 atom stereocenters. The molecule has 1 aromatic heterocycles. The molecule has 0 aliphatic rings. The summed E-state index contributed by atoms with van der Waals surface area (Å²) in [5.74, 6) is 1.94.